The van der Waals surface area contributed by atoms with Gasteiger partial charge in [-0.3, -0.25) is 0 Å². The summed E-state index contributed by atoms with van der Waals surface area (Å²) in [6, 6.07) is 8.06. The van der Waals surface area contributed by atoms with Crippen molar-refractivity contribution in [2.45, 2.75) is 38.8 Å². The van der Waals surface area contributed by atoms with Gasteiger partial charge in [0.15, 0.2) is 0 Å². The first-order valence-electron chi connectivity index (χ1n) is 6.75. The normalized spacial score (nSPS) is 22.4. The second-order valence-corrected chi connectivity index (χ2v) is 5.00. The fourth-order valence-corrected chi connectivity index (χ4v) is 2.61. The van der Waals surface area contributed by atoms with Crippen molar-refractivity contribution in [1.29, 1.82) is 0 Å². The number of hydrogen-bond donors (Lipinski definition) is 1. The Hall–Kier alpha value is -0.890. The maximum atomic E-state index is 14.4. The summed E-state index contributed by atoms with van der Waals surface area (Å²) < 4.78 is 14.4. The van der Waals surface area contributed by atoms with Gasteiger partial charge in [-0.15, -0.1) is 0 Å². The van der Waals surface area contributed by atoms with Crippen LogP contribution in [0.4, 0.5) is 4.39 Å². The van der Waals surface area contributed by atoms with Crippen LogP contribution in [-0.2, 0) is 6.42 Å². The van der Waals surface area contributed by atoms with E-state index in [0.29, 0.717) is 0 Å². The molecule has 1 saturated heterocycles. The van der Waals surface area contributed by atoms with Gasteiger partial charge >= 0.3 is 0 Å². The van der Waals surface area contributed by atoms with Crippen molar-refractivity contribution in [3.05, 3.63) is 35.4 Å². The lowest BCUT2D eigenvalue weighted by Crippen LogP contribution is -2.32. The summed E-state index contributed by atoms with van der Waals surface area (Å²) in [5, 5.41) is 3.29. The smallest absolute Gasteiger partial charge is 0.129 e. The van der Waals surface area contributed by atoms with Gasteiger partial charge in [0.1, 0.15) is 6.17 Å². The zero-order chi connectivity index (χ0) is 12.1. The third kappa shape index (κ3) is 3.29. The van der Waals surface area contributed by atoms with E-state index in [2.05, 4.69) is 18.3 Å². The van der Waals surface area contributed by atoms with E-state index in [1.54, 1.807) is 0 Å². The molecule has 94 valence electrons. The molecule has 1 aromatic rings. The predicted molar refractivity (Wildman–Crippen MR) is 69.9 cm³/mol. The molecule has 2 heteroatoms. The Labute approximate surface area is 103 Å². The van der Waals surface area contributed by atoms with Gasteiger partial charge in [-0.25, -0.2) is 4.39 Å². The molecule has 17 heavy (non-hydrogen) atoms. The van der Waals surface area contributed by atoms with Gasteiger partial charge in [-0.2, -0.15) is 0 Å². The second-order valence-electron chi connectivity index (χ2n) is 5.00. The first-order valence-corrected chi connectivity index (χ1v) is 6.75. The Kier molecular flexibility index (Phi) is 4.55. The average molecular weight is 235 g/mol. The summed E-state index contributed by atoms with van der Waals surface area (Å²) in [4.78, 5) is 0. The highest BCUT2D eigenvalue weighted by Crippen LogP contribution is 2.31. The lowest BCUT2D eigenvalue weighted by atomic mass is 9.89. The SMILES string of the molecule is CCCc1cccc(C(F)C2CCCNC2)c1. The number of alkyl halides is 1. The molecule has 0 aliphatic carbocycles. The van der Waals surface area contributed by atoms with Gasteiger partial charge in [-0.1, -0.05) is 37.6 Å². The second kappa shape index (κ2) is 6.15. The Morgan fingerprint density at radius 1 is 1.47 bits per heavy atom. The van der Waals surface area contributed by atoms with Crippen LogP contribution in [0.1, 0.15) is 43.5 Å². The van der Waals surface area contributed by atoms with E-state index in [9.17, 15) is 4.39 Å². The fourth-order valence-electron chi connectivity index (χ4n) is 2.61. The molecule has 0 bridgehead atoms. The highest BCUT2D eigenvalue weighted by atomic mass is 19.1. The van der Waals surface area contributed by atoms with Crippen LogP contribution in [0.2, 0.25) is 0 Å². The molecule has 1 N–H and O–H groups in total. The van der Waals surface area contributed by atoms with E-state index < -0.39 is 6.17 Å². The molecule has 2 unspecified atom stereocenters. The monoisotopic (exact) mass is 235 g/mol. The van der Waals surface area contributed by atoms with Crippen LogP contribution in [0.3, 0.4) is 0 Å². The van der Waals surface area contributed by atoms with Crippen molar-refractivity contribution in [2.24, 2.45) is 5.92 Å². The zero-order valence-corrected chi connectivity index (χ0v) is 10.6. The molecule has 1 aliphatic rings. The zero-order valence-electron chi connectivity index (χ0n) is 10.6. The standard InChI is InChI=1S/C15H22FN/c1-2-5-12-6-3-7-13(10-12)15(16)14-8-4-9-17-11-14/h3,6-7,10,14-15,17H,2,4-5,8-9,11H2,1H3. The van der Waals surface area contributed by atoms with E-state index >= 15 is 0 Å². The summed E-state index contributed by atoms with van der Waals surface area (Å²) in [6.07, 6.45) is 3.46. The third-order valence-electron chi connectivity index (χ3n) is 3.56. The Balaban J connectivity index is 2.06. The molecule has 0 saturated carbocycles. The van der Waals surface area contributed by atoms with Crippen molar-refractivity contribution in [3.63, 3.8) is 0 Å². The molecule has 1 fully saturated rings. The van der Waals surface area contributed by atoms with Gasteiger partial charge in [0.05, 0.1) is 0 Å². The maximum absolute atomic E-state index is 14.4. The molecule has 0 spiro atoms. The highest BCUT2D eigenvalue weighted by Gasteiger charge is 2.24. The van der Waals surface area contributed by atoms with Gasteiger partial charge in [-0.05, 0) is 36.9 Å². The van der Waals surface area contributed by atoms with Crippen molar-refractivity contribution < 1.29 is 4.39 Å². The van der Waals surface area contributed by atoms with E-state index in [0.717, 1.165) is 44.3 Å². The first-order chi connectivity index (χ1) is 8.31. The van der Waals surface area contributed by atoms with Crippen LogP contribution in [0.5, 0.6) is 0 Å². The van der Waals surface area contributed by atoms with Gasteiger partial charge in [0, 0.05) is 12.5 Å². The Morgan fingerprint density at radius 2 is 2.35 bits per heavy atom. The fraction of sp³-hybridized carbons (Fsp3) is 0.600. The Bertz CT molecular complexity index is 345. The van der Waals surface area contributed by atoms with Gasteiger partial charge in [0.25, 0.3) is 0 Å². The minimum atomic E-state index is -0.806. The van der Waals surface area contributed by atoms with Crippen LogP contribution in [0.25, 0.3) is 0 Å². The molecule has 1 aromatic carbocycles. The van der Waals surface area contributed by atoms with E-state index in [-0.39, 0.29) is 5.92 Å². The molecule has 1 aliphatic heterocycles. The number of nitrogens with one attached hydrogen (secondary N) is 1. The average Bonchev–Trinajstić information content (AvgIpc) is 2.40. The summed E-state index contributed by atoms with van der Waals surface area (Å²) in [6.45, 7) is 4.02. The number of halogens is 1. The molecule has 2 rings (SSSR count). The molecule has 0 aromatic heterocycles. The minimum Gasteiger partial charge on any atom is -0.316 e. The van der Waals surface area contributed by atoms with Crippen LogP contribution >= 0.6 is 0 Å². The number of aryl methyl sites for hydroxylation is 1. The van der Waals surface area contributed by atoms with E-state index in [1.165, 1.54) is 5.56 Å². The van der Waals surface area contributed by atoms with Crippen LogP contribution in [-0.4, -0.2) is 13.1 Å². The molecule has 0 radical (unpaired) electrons. The number of rotatable bonds is 4. The molecule has 0 amide bonds. The summed E-state index contributed by atoms with van der Waals surface area (Å²) in [7, 11) is 0. The van der Waals surface area contributed by atoms with Gasteiger partial charge < -0.3 is 5.32 Å². The number of benzene rings is 1. The quantitative estimate of drug-likeness (QED) is 0.840. The first kappa shape index (κ1) is 12.6. The maximum Gasteiger partial charge on any atom is 0.129 e. The van der Waals surface area contributed by atoms with Crippen LogP contribution in [0, 0.1) is 5.92 Å². The lowest BCUT2D eigenvalue weighted by molar-refractivity contribution is 0.194. The largest absolute Gasteiger partial charge is 0.316 e. The third-order valence-corrected chi connectivity index (χ3v) is 3.56. The summed E-state index contributed by atoms with van der Waals surface area (Å²) >= 11 is 0. The lowest BCUT2D eigenvalue weighted by Gasteiger charge is -2.26. The van der Waals surface area contributed by atoms with Crippen LogP contribution < -0.4 is 5.32 Å². The Morgan fingerprint density at radius 3 is 3.06 bits per heavy atom. The molecule has 2 atom stereocenters. The molecule has 1 heterocycles. The molecule has 1 nitrogen and oxygen atoms in total. The van der Waals surface area contributed by atoms with Crippen molar-refractivity contribution >= 4 is 0 Å². The van der Waals surface area contributed by atoms with Gasteiger partial charge in [0.2, 0.25) is 0 Å². The topological polar surface area (TPSA) is 12.0 Å². The highest BCUT2D eigenvalue weighted by molar-refractivity contribution is 5.26. The number of piperidine rings is 1. The predicted octanol–water partition coefficient (Wildman–Crippen LogP) is 3.65. The number of hydrogen-bond acceptors (Lipinski definition) is 1. The molecular formula is C15H22FN. The van der Waals surface area contributed by atoms with Crippen molar-refractivity contribution in [2.75, 3.05) is 13.1 Å². The van der Waals surface area contributed by atoms with Crippen LogP contribution in [0.15, 0.2) is 24.3 Å². The van der Waals surface area contributed by atoms with Crippen molar-refractivity contribution in [3.8, 4) is 0 Å². The minimum absolute atomic E-state index is 0.153. The van der Waals surface area contributed by atoms with E-state index in [1.807, 2.05) is 18.2 Å². The summed E-state index contributed by atoms with van der Waals surface area (Å²) in [5.74, 6) is 0.153. The van der Waals surface area contributed by atoms with E-state index in [4.69, 9.17) is 0 Å². The van der Waals surface area contributed by atoms with Crippen molar-refractivity contribution in [1.82, 2.24) is 5.32 Å². The summed E-state index contributed by atoms with van der Waals surface area (Å²) in [5.41, 5.74) is 2.13. The molecular weight excluding hydrogens is 213 g/mol.